The van der Waals surface area contributed by atoms with Gasteiger partial charge in [-0.05, 0) is 31.5 Å². The smallest absolute Gasteiger partial charge is 0.160 e. The van der Waals surface area contributed by atoms with Crippen LogP contribution in [0, 0.1) is 16.7 Å². The summed E-state index contributed by atoms with van der Waals surface area (Å²) in [4.78, 5) is 0. The largest absolute Gasteiger partial charge is 0.504 e. The quantitative estimate of drug-likeness (QED) is 0.818. The second kappa shape index (κ2) is 5.55. The number of phenolic OH excluding ortho intramolecular Hbond substituents is 1. The molecule has 0 saturated carbocycles. The highest BCUT2D eigenvalue weighted by Gasteiger charge is 2.15. The summed E-state index contributed by atoms with van der Waals surface area (Å²) in [5.74, 6) is 0.595. The molecule has 0 fully saturated rings. The first-order chi connectivity index (χ1) is 7.98. The Morgan fingerprint density at radius 3 is 2.71 bits per heavy atom. The molecule has 0 unspecified atom stereocenters. The summed E-state index contributed by atoms with van der Waals surface area (Å²) in [6, 6.07) is 7.49. The molecule has 0 bridgehead atoms. The van der Waals surface area contributed by atoms with Crippen molar-refractivity contribution >= 4 is 0 Å². The minimum Gasteiger partial charge on any atom is -0.504 e. The highest BCUT2D eigenvalue weighted by atomic mass is 16.5. The number of nitrogens with zero attached hydrogens (tertiary/aromatic N) is 1. The van der Waals surface area contributed by atoms with E-state index >= 15 is 0 Å². The lowest BCUT2D eigenvalue weighted by Crippen LogP contribution is -2.27. The van der Waals surface area contributed by atoms with Gasteiger partial charge in [0.1, 0.15) is 0 Å². The molecule has 4 heteroatoms. The van der Waals surface area contributed by atoms with Gasteiger partial charge in [0.25, 0.3) is 0 Å². The van der Waals surface area contributed by atoms with E-state index in [2.05, 4.69) is 11.4 Å². The van der Waals surface area contributed by atoms with Crippen LogP contribution in [0.4, 0.5) is 0 Å². The Bertz CT molecular complexity index is 422. The first-order valence-electron chi connectivity index (χ1n) is 5.46. The third-order valence-corrected chi connectivity index (χ3v) is 2.44. The van der Waals surface area contributed by atoms with E-state index in [-0.39, 0.29) is 11.2 Å². The summed E-state index contributed by atoms with van der Waals surface area (Å²) < 4.78 is 4.96. The van der Waals surface area contributed by atoms with Crippen LogP contribution in [0.3, 0.4) is 0 Å². The molecular formula is C13H18N2O2. The van der Waals surface area contributed by atoms with Crippen molar-refractivity contribution < 1.29 is 9.84 Å². The molecule has 0 aliphatic heterocycles. The van der Waals surface area contributed by atoms with Crippen LogP contribution in [-0.4, -0.2) is 18.8 Å². The Balaban J connectivity index is 2.54. The van der Waals surface area contributed by atoms with Gasteiger partial charge < -0.3 is 15.2 Å². The van der Waals surface area contributed by atoms with Crippen LogP contribution in [0.25, 0.3) is 0 Å². The molecule has 0 saturated heterocycles. The summed E-state index contributed by atoms with van der Waals surface area (Å²) >= 11 is 0. The third kappa shape index (κ3) is 3.97. The van der Waals surface area contributed by atoms with Crippen molar-refractivity contribution in [2.45, 2.75) is 20.4 Å². The van der Waals surface area contributed by atoms with Gasteiger partial charge in [-0.25, -0.2) is 0 Å². The third-order valence-electron chi connectivity index (χ3n) is 2.44. The maximum Gasteiger partial charge on any atom is 0.160 e. The maximum absolute atomic E-state index is 9.59. The van der Waals surface area contributed by atoms with Gasteiger partial charge in [0.05, 0.1) is 18.6 Å². The number of nitrogens with one attached hydrogen (secondary N) is 1. The second-order valence-electron chi connectivity index (χ2n) is 4.61. The Morgan fingerprint density at radius 2 is 2.18 bits per heavy atom. The van der Waals surface area contributed by atoms with Gasteiger partial charge in [0.2, 0.25) is 0 Å². The van der Waals surface area contributed by atoms with Crippen LogP contribution in [0.2, 0.25) is 0 Å². The van der Waals surface area contributed by atoms with Crippen LogP contribution in [0.1, 0.15) is 19.4 Å². The van der Waals surface area contributed by atoms with Crippen molar-refractivity contribution in [1.82, 2.24) is 5.32 Å². The summed E-state index contributed by atoms with van der Waals surface area (Å²) in [6.45, 7) is 4.98. The maximum atomic E-state index is 9.59. The number of rotatable bonds is 5. The van der Waals surface area contributed by atoms with Crippen molar-refractivity contribution in [3.05, 3.63) is 23.8 Å². The fraction of sp³-hybridized carbons (Fsp3) is 0.462. The van der Waals surface area contributed by atoms with Gasteiger partial charge in [0.15, 0.2) is 11.5 Å². The van der Waals surface area contributed by atoms with Crippen LogP contribution < -0.4 is 10.1 Å². The van der Waals surface area contributed by atoms with E-state index in [0.29, 0.717) is 18.8 Å². The zero-order valence-corrected chi connectivity index (χ0v) is 10.4. The molecule has 0 amide bonds. The molecular weight excluding hydrogens is 216 g/mol. The number of methoxy groups -OCH3 is 1. The standard InChI is InChI=1S/C13H18N2O2/c1-13(2,8-14)9-15-7-10-4-5-12(17-3)11(16)6-10/h4-6,15-16H,7,9H2,1-3H3. The highest BCUT2D eigenvalue weighted by Crippen LogP contribution is 2.26. The average molecular weight is 234 g/mol. The van der Waals surface area contributed by atoms with Crippen molar-refractivity contribution in [1.29, 1.82) is 5.26 Å². The number of ether oxygens (including phenoxy) is 1. The summed E-state index contributed by atoms with van der Waals surface area (Å²) in [7, 11) is 1.52. The number of benzene rings is 1. The van der Waals surface area contributed by atoms with Crippen LogP contribution in [-0.2, 0) is 6.54 Å². The number of nitriles is 1. The lowest BCUT2D eigenvalue weighted by Gasteiger charge is -2.16. The van der Waals surface area contributed by atoms with Gasteiger partial charge >= 0.3 is 0 Å². The number of aromatic hydroxyl groups is 1. The van der Waals surface area contributed by atoms with E-state index in [1.54, 1.807) is 12.1 Å². The van der Waals surface area contributed by atoms with Gasteiger partial charge in [0, 0.05) is 13.1 Å². The summed E-state index contributed by atoms with van der Waals surface area (Å²) in [5.41, 5.74) is 0.575. The molecule has 1 aromatic carbocycles. The normalized spacial score (nSPS) is 10.9. The first kappa shape index (κ1) is 13.3. The fourth-order valence-electron chi connectivity index (χ4n) is 1.40. The lowest BCUT2D eigenvalue weighted by molar-refractivity contribution is 0.372. The molecule has 0 atom stereocenters. The zero-order chi connectivity index (χ0) is 12.9. The molecule has 17 heavy (non-hydrogen) atoms. The Hall–Kier alpha value is -1.73. The number of phenols is 1. The number of hydrogen-bond acceptors (Lipinski definition) is 4. The molecule has 0 aliphatic rings. The number of hydrogen-bond donors (Lipinski definition) is 2. The molecule has 0 spiro atoms. The zero-order valence-electron chi connectivity index (χ0n) is 10.4. The molecule has 92 valence electrons. The first-order valence-corrected chi connectivity index (χ1v) is 5.46. The average Bonchev–Trinajstić information content (AvgIpc) is 2.29. The van der Waals surface area contributed by atoms with E-state index in [1.165, 1.54) is 7.11 Å². The van der Waals surface area contributed by atoms with E-state index in [9.17, 15) is 5.11 Å². The summed E-state index contributed by atoms with van der Waals surface area (Å²) in [6.07, 6.45) is 0. The van der Waals surface area contributed by atoms with Gasteiger partial charge in [-0.3, -0.25) is 0 Å². The molecule has 1 aromatic rings. The molecule has 0 radical (unpaired) electrons. The van der Waals surface area contributed by atoms with Gasteiger partial charge in [-0.1, -0.05) is 6.07 Å². The second-order valence-corrected chi connectivity index (χ2v) is 4.61. The van der Waals surface area contributed by atoms with E-state index in [1.807, 2.05) is 19.9 Å². The predicted molar refractivity (Wildman–Crippen MR) is 65.8 cm³/mol. The van der Waals surface area contributed by atoms with E-state index in [4.69, 9.17) is 10.00 Å². The van der Waals surface area contributed by atoms with Crippen LogP contribution in [0.15, 0.2) is 18.2 Å². The molecule has 0 heterocycles. The van der Waals surface area contributed by atoms with Gasteiger partial charge in [-0.15, -0.1) is 0 Å². The fourth-order valence-corrected chi connectivity index (χ4v) is 1.40. The van der Waals surface area contributed by atoms with E-state index < -0.39 is 0 Å². The Morgan fingerprint density at radius 1 is 1.47 bits per heavy atom. The molecule has 1 rings (SSSR count). The van der Waals surface area contributed by atoms with E-state index in [0.717, 1.165) is 5.56 Å². The minimum absolute atomic E-state index is 0.131. The van der Waals surface area contributed by atoms with Crippen molar-refractivity contribution in [3.63, 3.8) is 0 Å². The van der Waals surface area contributed by atoms with Crippen LogP contribution in [0.5, 0.6) is 11.5 Å². The Kier molecular flexibility index (Phi) is 4.36. The Labute approximate surface area is 102 Å². The minimum atomic E-state index is -0.380. The van der Waals surface area contributed by atoms with Crippen LogP contribution >= 0.6 is 0 Å². The monoisotopic (exact) mass is 234 g/mol. The molecule has 2 N–H and O–H groups in total. The summed E-state index contributed by atoms with van der Waals surface area (Å²) in [5, 5.41) is 21.6. The molecule has 0 aliphatic carbocycles. The molecule has 4 nitrogen and oxygen atoms in total. The highest BCUT2D eigenvalue weighted by molar-refractivity contribution is 5.41. The van der Waals surface area contributed by atoms with Crippen molar-refractivity contribution in [2.75, 3.05) is 13.7 Å². The molecule has 0 aromatic heterocycles. The lowest BCUT2D eigenvalue weighted by atomic mass is 9.96. The van der Waals surface area contributed by atoms with Gasteiger partial charge in [-0.2, -0.15) is 5.26 Å². The van der Waals surface area contributed by atoms with Crippen molar-refractivity contribution in [2.24, 2.45) is 5.41 Å². The predicted octanol–water partition coefficient (Wildman–Crippen LogP) is 2.04. The van der Waals surface area contributed by atoms with Crippen molar-refractivity contribution in [3.8, 4) is 17.6 Å². The SMILES string of the molecule is COc1ccc(CNCC(C)(C)C#N)cc1O. The topological polar surface area (TPSA) is 65.3 Å².